The molecule has 0 radical (unpaired) electrons. The van der Waals surface area contributed by atoms with E-state index in [4.69, 9.17) is 5.73 Å². The number of guanidine groups is 1. The number of nitrogens with two attached hydrogens (primary N) is 1. The van der Waals surface area contributed by atoms with Gasteiger partial charge in [0.05, 0.1) is 6.54 Å². The first kappa shape index (κ1) is 16.1. The average Bonchev–Trinajstić information content (AvgIpc) is 3.15. The molecule has 1 heterocycles. The highest BCUT2D eigenvalue weighted by atomic mass is 15.1. The van der Waals surface area contributed by atoms with Crippen molar-refractivity contribution in [1.82, 2.24) is 0 Å². The molecule has 0 atom stereocenters. The normalized spacial score (nSPS) is 14.2. The first-order valence-electron chi connectivity index (χ1n) is 8.39. The van der Waals surface area contributed by atoms with Crippen molar-refractivity contribution in [2.75, 3.05) is 23.3 Å². The summed E-state index contributed by atoms with van der Waals surface area (Å²) in [6, 6.07) is 16.7. The molecule has 1 aliphatic heterocycles. The minimum absolute atomic E-state index is 0.441. The molecule has 2 aromatic carbocycles. The van der Waals surface area contributed by atoms with Crippen molar-refractivity contribution in [3.63, 3.8) is 0 Å². The molecule has 0 amide bonds. The number of aliphatic imine (C=N–C) groups is 1. The number of benzene rings is 2. The van der Waals surface area contributed by atoms with Crippen molar-refractivity contribution >= 4 is 17.3 Å². The van der Waals surface area contributed by atoms with Gasteiger partial charge in [0.2, 0.25) is 0 Å². The van der Waals surface area contributed by atoms with Crippen molar-refractivity contribution < 1.29 is 0 Å². The third kappa shape index (κ3) is 4.16. The van der Waals surface area contributed by atoms with Gasteiger partial charge in [-0.25, -0.2) is 4.99 Å². The Bertz CT molecular complexity index is 741. The molecule has 124 valence electrons. The molecule has 1 aliphatic rings. The predicted molar refractivity (Wildman–Crippen MR) is 103 cm³/mol. The molecule has 4 nitrogen and oxygen atoms in total. The van der Waals surface area contributed by atoms with E-state index in [2.05, 4.69) is 70.7 Å². The van der Waals surface area contributed by atoms with Crippen LogP contribution in [-0.2, 0) is 13.0 Å². The monoisotopic (exact) mass is 320 g/mol. The van der Waals surface area contributed by atoms with Crippen molar-refractivity contribution in [2.24, 2.45) is 10.7 Å². The van der Waals surface area contributed by atoms with E-state index in [0.29, 0.717) is 12.5 Å². The van der Waals surface area contributed by atoms with Gasteiger partial charge in [-0.2, -0.15) is 0 Å². The van der Waals surface area contributed by atoms with E-state index >= 15 is 0 Å². The molecular formula is C20H24N4. The zero-order valence-corrected chi connectivity index (χ0v) is 14.1. The quantitative estimate of drug-likeness (QED) is 0.503. The van der Waals surface area contributed by atoms with Crippen LogP contribution < -0.4 is 16.0 Å². The van der Waals surface area contributed by atoms with Gasteiger partial charge in [0.15, 0.2) is 5.96 Å². The smallest absolute Gasteiger partial charge is 0.193 e. The molecule has 3 N–H and O–H groups in total. The molecule has 0 saturated heterocycles. The van der Waals surface area contributed by atoms with Crippen LogP contribution in [0.1, 0.15) is 18.1 Å². The summed E-state index contributed by atoms with van der Waals surface area (Å²) in [5.41, 5.74) is 10.7. The Morgan fingerprint density at radius 2 is 1.83 bits per heavy atom. The van der Waals surface area contributed by atoms with Crippen LogP contribution in [0.4, 0.5) is 11.4 Å². The second kappa shape index (κ2) is 7.68. The van der Waals surface area contributed by atoms with Gasteiger partial charge in [0.25, 0.3) is 0 Å². The molecule has 0 fully saturated rings. The minimum atomic E-state index is 0.441. The lowest BCUT2D eigenvalue weighted by atomic mass is 10.1. The average molecular weight is 320 g/mol. The third-order valence-electron chi connectivity index (χ3n) is 4.13. The first-order chi connectivity index (χ1) is 11.7. The van der Waals surface area contributed by atoms with Crippen molar-refractivity contribution in [3.8, 4) is 0 Å². The van der Waals surface area contributed by atoms with Gasteiger partial charge in [-0.3, -0.25) is 0 Å². The van der Waals surface area contributed by atoms with Gasteiger partial charge >= 0.3 is 0 Å². The summed E-state index contributed by atoms with van der Waals surface area (Å²) < 4.78 is 0. The first-order valence-corrected chi connectivity index (χ1v) is 8.39. The number of hydrogen-bond acceptors (Lipinski definition) is 2. The molecule has 0 aliphatic carbocycles. The second-order valence-electron chi connectivity index (χ2n) is 5.93. The van der Waals surface area contributed by atoms with Gasteiger partial charge in [-0.05, 0) is 41.8 Å². The number of rotatable bonds is 5. The van der Waals surface area contributed by atoms with E-state index < -0.39 is 0 Å². The molecule has 0 bridgehead atoms. The lowest BCUT2D eigenvalue weighted by Gasteiger charge is -2.18. The Morgan fingerprint density at radius 3 is 2.62 bits per heavy atom. The number of hydrogen-bond donors (Lipinski definition) is 2. The van der Waals surface area contributed by atoms with Crippen molar-refractivity contribution in [3.05, 3.63) is 71.8 Å². The van der Waals surface area contributed by atoms with Crippen LogP contribution >= 0.6 is 0 Å². The Kier molecular flexibility index (Phi) is 5.16. The Balaban J connectivity index is 1.63. The van der Waals surface area contributed by atoms with E-state index in [0.717, 1.165) is 30.8 Å². The zero-order chi connectivity index (χ0) is 16.8. The summed E-state index contributed by atoms with van der Waals surface area (Å²) in [6.07, 6.45) is 5.39. The molecule has 24 heavy (non-hydrogen) atoms. The molecule has 0 spiro atoms. The lowest BCUT2D eigenvalue weighted by molar-refractivity contribution is 0.993. The summed E-state index contributed by atoms with van der Waals surface area (Å²) in [7, 11) is 0. The number of nitrogens with one attached hydrogen (secondary N) is 1. The lowest BCUT2D eigenvalue weighted by Crippen LogP contribution is -2.22. The Morgan fingerprint density at radius 1 is 1.08 bits per heavy atom. The van der Waals surface area contributed by atoms with Crippen molar-refractivity contribution in [2.45, 2.75) is 19.9 Å². The standard InChI is InChI=1S/C20H24N4/c1-2-16-7-5-9-18(13-16)23-20(21)22-15-17-8-6-10-19(14-17)24-11-3-4-12-24/h3-10,13-14H,2,11-12,15H2,1H3,(H3,21,22,23). The highest BCUT2D eigenvalue weighted by Crippen LogP contribution is 2.19. The predicted octanol–water partition coefficient (Wildman–Crippen LogP) is 3.55. The topological polar surface area (TPSA) is 53.6 Å². The molecule has 2 aromatic rings. The van der Waals surface area contributed by atoms with Gasteiger partial charge < -0.3 is 16.0 Å². The van der Waals surface area contributed by atoms with E-state index in [-0.39, 0.29) is 0 Å². The highest BCUT2D eigenvalue weighted by Gasteiger charge is 2.07. The van der Waals surface area contributed by atoms with Gasteiger partial charge in [-0.15, -0.1) is 0 Å². The van der Waals surface area contributed by atoms with Crippen LogP contribution in [0.5, 0.6) is 0 Å². The molecule has 0 unspecified atom stereocenters. The van der Waals surface area contributed by atoms with Gasteiger partial charge in [0.1, 0.15) is 0 Å². The number of aryl methyl sites for hydroxylation is 1. The van der Waals surface area contributed by atoms with E-state index in [9.17, 15) is 0 Å². The van der Waals surface area contributed by atoms with Gasteiger partial charge in [0, 0.05) is 24.5 Å². The molecule has 3 rings (SSSR count). The fourth-order valence-electron chi connectivity index (χ4n) is 2.77. The maximum atomic E-state index is 6.02. The molecule has 0 aromatic heterocycles. The fraction of sp³-hybridized carbons (Fsp3) is 0.250. The summed E-state index contributed by atoms with van der Waals surface area (Å²) in [5.74, 6) is 0.441. The number of anilines is 2. The fourth-order valence-corrected chi connectivity index (χ4v) is 2.77. The molecular weight excluding hydrogens is 296 g/mol. The molecule has 0 saturated carbocycles. The van der Waals surface area contributed by atoms with Crippen LogP contribution in [0.25, 0.3) is 0 Å². The van der Waals surface area contributed by atoms with Crippen molar-refractivity contribution in [1.29, 1.82) is 0 Å². The maximum absolute atomic E-state index is 6.02. The van der Waals surface area contributed by atoms with Crippen LogP contribution in [0, 0.1) is 0 Å². The largest absolute Gasteiger partial charge is 0.370 e. The van der Waals surface area contributed by atoms with Crippen LogP contribution in [0.15, 0.2) is 65.7 Å². The summed E-state index contributed by atoms with van der Waals surface area (Å²) >= 11 is 0. The zero-order valence-electron chi connectivity index (χ0n) is 14.1. The highest BCUT2D eigenvalue weighted by molar-refractivity contribution is 5.92. The van der Waals surface area contributed by atoms with Crippen LogP contribution in [0.2, 0.25) is 0 Å². The van der Waals surface area contributed by atoms with Crippen LogP contribution in [0.3, 0.4) is 0 Å². The minimum Gasteiger partial charge on any atom is -0.370 e. The SMILES string of the molecule is CCc1cccc(NC(N)=NCc2cccc(N3CC=CC3)c2)c1. The Labute approximate surface area is 143 Å². The van der Waals surface area contributed by atoms with E-state index in [1.54, 1.807) is 0 Å². The summed E-state index contributed by atoms with van der Waals surface area (Å²) in [4.78, 5) is 6.79. The molecule has 4 heteroatoms. The van der Waals surface area contributed by atoms with Gasteiger partial charge in [-0.1, -0.05) is 43.3 Å². The van der Waals surface area contributed by atoms with E-state index in [1.165, 1.54) is 11.3 Å². The third-order valence-corrected chi connectivity index (χ3v) is 4.13. The summed E-state index contributed by atoms with van der Waals surface area (Å²) in [6.45, 7) is 4.66. The second-order valence-corrected chi connectivity index (χ2v) is 5.93. The van der Waals surface area contributed by atoms with Crippen LogP contribution in [-0.4, -0.2) is 19.0 Å². The maximum Gasteiger partial charge on any atom is 0.193 e. The summed E-state index contributed by atoms with van der Waals surface area (Å²) in [5, 5.41) is 3.16. The van der Waals surface area contributed by atoms with E-state index in [1.807, 2.05) is 12.1 Å². The Hall–Kier alpha value is -2.75. The number of nitrogens with zero attached hydrogens (tertiary/aromatic N) is 2.